The van der Waals surface area contributed by atoms with E-state index in [4.69, 9.17) is 9.98 Å². The summed E-state index contributed by atoms with van der Waals surface area (Å²) in [5.41, 5.74) is 11.3. The molecule has 0 radical (unpaired) electrons. The van der Waals surface area contributed by atoms with Crippen molar-refractivity contribution in [1.29, 1.82) is 0 Å². The second-order valence-corrected chi connectivity index (χ2v) is 11.8. The normalized spacial score (nSPS) is 18.3. The van der Waals surface area contributed by atoms with Crippen LogP contribution in [0.4, 0.5) is 5.69 Å². The van der Waals surface area contributed by atoms with Gasteiger partial charge in [0.2, 0.25) is 5.91 Å². The number of carbonyl (C=O) groups is 1. The van der Waals surface area contributed by atoms with Crippen molar-refractivity contribution in [2.75, 3.05) is 13.1 Å². The molecule has 3 aliphatic rings. The Balaban J connectivity index is 1.23. The molecule has 6 heteroatoms. The number of pyridine rings is 2. The molecular weight excluding hydrogens is 482 g/mol. The van der Waals surface area contributed by atoms with Crippen LogP contribution in [0.3, 0.4) is 0 Å². The van der Waals surface area contributed by atoms with E-state index in [1.807, 2.05) is 57.1 Å². The average Bonchev–Trinajstić information content (AvgIpc) is 3.38. The van der Waals surface area contributed by atoms with Gasteiger partial charge < -0.3 is 4.90 Å². The third-order valence-corrected chi connectivity index (χ3v) is 7.72. The Bertz CT molecular complexity index is 1510. The second kappa shape index (κ2) is 10.7. The molecule has 0 spiro atoms. The molecule has 0 aliphatic carbocycles. The van der Waals surface area contributed by atoms with Gasteiger partial charge in [-0.1, -0.05) is 43.7 Å². The van der Waals surface area contributed by atoms with Gasteiger partial charge in [-0.25, -0.2) is 4.98 Å². The number of likely N-dealkylation sites (tertiary alicyclic amines) is 1. The highest BCUT2D eigenvalue weighted by atomic mass is 16.2. The van der Waals surface area contributed by atoms with E-state index < -0.39 is 0 Å². The van der Waals surface area contributed by atoms with Crippen LogP contribution in [-0.4, -0.2) is 51.5 Å². The van der Waals surface area contributed by atoms with Crippen LogP contribution in [0.2, 0.25) is 0 Å². The van der Waals surface area contributed by atoms with Gasteiger partial charge in [-0.05, 0) is 61.6 Å². The standard InChI is InChI=1S/C33H38N5O/c1-21(30-19-31-29(37-30)10-9-28(36-31)27-20-35-23(3)22(27)2)16-26-18-25(11-13-34-26)17-24-8-7-14-38(15-12-24)32(39)33(4,5)6/h9-11,13,17-18,20H,1,7-8,12,14-16,19H2,2-6H3/q+1. The lowest BCUT2D eigenvalue weighted by Crippen LogP contribution is -2.39. The van der Waals surface area contributed by atoms with Crippen LogP contribution >= 0.6 is 0 Å². The smallest absolute Gasteiger partial charge is 0.304 e. The third-order valence-electron chi connectivity index (χ3n) is 7.72. The molecule has 3 aliphatic heterocycles. The molecule has 1 amide bonds. The molecule has 0 saturated carbocycles. The fourth-order valence-electron chi connectivity index (χ4n) is 5.31. The number of aliphatic imine (C=N–C) groups is 1. The number of amides is 1. The van der Waals surface area contributed by atoms with Crippen LogP contribution in [0.25, 0.3) is 11.6 Å². The van der Waals surface area contributed by atoms with E-state index in [0.29, 0.717) is 12.8 Å². The van der Waals surface area contributed by atoms with Gasteiger partial charge in [0.15, 0.2) is 0 Å². The number of allylic oxidation sites excluding steroid dienone is 3. The van der Waals surface area contributed by atoms with Gasteiger partial charge in [-0.3, -0.25) is 14.8 Å². The van der Waals surface area contributed by atoms with E-state index in [2.05, 4.69) is 41.4 Å². The van der Waals surface area contributed by atoms with Gasteiger partial charge >= 0.3 is 11.9 Å². The van der Waals surface area contributed by atoms with Gasteiger partial charge in [0, 0.05) is 50.2 Å². The molecule has 2 aromatic rings. The predicted molar refractivity (Wildman–Crippen MR) is 161 cm³/mol. The van der Waals surface area contributed by atoms with E-state index >= 15 is 0 Å². The molecular formula is C33H38N5O+. The summed E-state index contributed by atoms with van der Waals surface area (Å²) in [6, 6.07) is 8.28. The molecule has 1 fully saturated rings. The maximum absolute atomic E-state index is 12.7. The Hall–Kier alpha value is -3.89. The minimum Gasteiger partial charge on any atom is -0.342 e. The highest BCUT2D eigenvalue weighted by molar-refractivity contribution is 6.24. The maximum atomic E-state index is 12.7. The molecule has 5 heterocycles. The summed E-state index contributed by atoms with van der Waals surface area (Å²) in [5, 5.41) is 0. The number of carbonyl (C=O) groups excluding carboxylic acids is 1. The van der Waals surface area contributed by atoms with Crippen molar-refractivity contribution in [3.05, 3.63) is 76.4 Å². The van der Waals surface area contributed by atoms with E-state index in [9.17, 15) is 4.79 Å². The molecule has 6 nitrogen and oxygen atoms in total. The van der Waals surface area contributed by atoms with Crippen molar-refractivity contribution in [1.82, 2.24) is 19.5 Å². The van der Waals surface area contributed by atoms with Crippen LogP contribution in [0.1, 0.15) is 76.5 Å². The van der Waals surface area contributed by atoms with Crippen LogP contribution in [-0.2, 0) is 17.6 Å². The largest absolute Gasteiger partial charge is 0.342 e. The summed E-state index contributed by atoms with van der Waals surface area (Å²) < 4.78 is 4.43. The summed E-state index contributed by atoms with van der Waals surface area (Å²) in [6.45, 7) is 16.1. The topological polar surface area (TPSA) is 72.6 Å². The fraction of sp³-hybridized carbons (Fsp3) is 0.394. The molecule has 2 aromatic heterocycles. The van der Waals surface area contributed by atoms with Crippen LogP contribution in [0, 0.1) is 5.41 Å². The van der Waals surface area contributed by atoms with Crippen molar-refractivity contribution in [3.63, 3.8) is 0 Å². The maximum Gasteiger partial charge on any atom is 0.304 e. The van der Waals surface area contributed by atoms with Gasteiger partial charge in [-0.15, -0.1) is 0 Å². The molecule has 39 heavy (non-hydrogen) atoms. The van der Waals surface area contributed by atoms with Crippen LogP contribution in [0.5, 0.6) is 0 Å². The van der Waals surface area contributed by atoms with E-state index in [1.165, 1.54) is 11.1 Å². The summed E-state index contributed by atoms with van der Waals surface area (Å²) >= 11 is 0. The number of nitrogens with zero attached hydrogens (tertiary/aromatic N) is 5. The Morgan fingerprint density at radius 2 is 1.97 bits per heavy atom. The number of rotatable bonds is 5. The van der Waals surface area contributed by atoms with Gasteiger partial charge in [0.25, 0.3) is 0 Å². The van der Waals surface area contributed by atoms with Gasteiger partial charge in [0.05, 0.1) is 33.9 Å². The van der Waals surface area contributed by atoms with Crippen LogP contribution in [0.15, 0.2) is 58.8 Å². The van der Waals surface area contributed by atoms with Gasteiger partial charge in [0.1, 0.15) is 0 Å². The quantitative estimate of drug-likeness (QED) is 0.473. The Labute approximate surface area is 231 Å². The number of hydrogen-bond acceptors (Lipinski definition) is 4. The van der Waals surface area contributed by atoms with Crippen molar-refractivity contribution in [2.45, 2.75) is 66.7 Å². The zero-order chi connectivity index (χ0) is 27.7. The highest BCUT2D eigenvalue weighted by Gasteiger charge is 2.28. The van der Waals surface area contributed by atoms with Crippen molar-refractivity contribution in [2.24, 2.45) is 10.4 Å². The first-order chi connectivity index (χ1) is 18.6. The Morgan fingerprint density at radius 1 is 1.15 bits per heavy atom. The summed E-state index contributed by atoms with van der Waals surface area (Å²) in [5.74, 6) is 0.241. The minimum absolute atomic E-state index is 0.241. The van der Waals surface area contributed by atoms with Crippen molar-refractivity contribution in [3.8, 4) is 0 Å². The molecule has 0 N–H and O–H groups in total. The molecule has 5 rings (SSSR count). The Kier molecular flexibility index (Phi) is 7.33. The second-order valence-electron chi connectivity index (χ2n) is 11.8. The molecule has 0 bridgehead atoms. The Morgan fingerprint density at radius 3 is 2.72 bits per heavy atom. The minimum atomic E-state index is -0.334. The predicted octanol–water partition coefficient (Wildman–Crippen LogP) is 5.73. The van der Waals surface area contributed by atoms with Crippen molar-refractivity contribution < 1.29 is 4.79 Å². The lowest BCUT2D eigenvalue weighted by molar-refractivity contribution is -0.139. The first kappa shape index (κ1) is 26.7. The first-order valence-corrected chi connectivity index (χ1v) is 13.9. The molecule has 0 aromatic carbocycles. The summed E-state index contributed by atoms with van der Waals surface area (Å²) in [4.78, 5) is 29.1. The SMILES string of the molecule is C=C(Cc1cc(C=C2CCCN(C(=O)C(C)(C)C)CC2)ccn1)C1=Nc2ccc(C3=C(C)C(C)=[N+]=C3)nc2C1. The lowest BCUT2D eigenvalue weighted by atomic mass is 9.94. The zero-order valence-electron chi connectivity index (χ0n) is 23.8. The molecule has 0 atom stereocenters. The van der Waals surface area contributed by atoms with Gasteiger partial charge in [-0.2, -0.15) is 0 Å². The van der Waals surface area contributed by atoms with E-state index in [1.54, 1.807) is 0 Å². The lowest BCUT2D eigenvalue weighted by Gasteiger charge is -2.28. The van der Waals surface area contributed by atoms with E-state index in [-0.39, 0.29) is 11.3 Å². The number of fused-ring (bicyclic) bond motifs is 1. The van der Waals surface area contributed by atoms with E-state index in [0.717, 1.165) is 83.3 Å². The number of aromatic nitrogens is 2. The first-order valence-electron chi connectivity index (χ1n) is 13.9. The van der Waals surface area contributed by atoms with Crippen LogP contribution < -0.4 is 4.67 Å². The average molecular weight is 521 g/mol. The third kappa shape index (κ3) is 5.91. The molecule has 200 valence electrons. The molecule has 0 unspecified atom stereocenters. The monoisotopic (exact) mass is 520 g/mol. The molecule has 1 saturated heterocycles. The number of hydrogen-bond donors (Lipinski definition) is 0. The highest BCUT2D eigenvalue weighted by Crippen LogP contribution is 2.30. The summed E-state index contributed by atoms with van der Waals surface area (Å²) in [7, 11) is 0. The fourth-order valence-corrected chi connectivity index (χ4v) is 5.31. The van der Waals surface area contributed by atoms with Crippen molar-refractivity contribution >= 4 is 40.9 Å². The summed E-state index contributed by atoms with van der Waals surface area (Å²) in [6.07, 6.45) is 10.3. The zero-order valence-corrected chi connectivity index (χ0v) is 23.8.